The number of ether oxygens (including phenoxy) is 1. The van der Waals surface area contributed by atoms with E-state index in [1.165, 1.54) is 0 Å². The number of carbonyl (C=O) groups excluding carboxylic acids is 1. The Morgan fingerprint density at radius 2 is 2.42 bits per heavy atom. The predicted octanol–water partition coefficient (Wildman–Crippen LogP) is 2.48. The number of aromatic nitrogens is 2. The van der Waals surface area contributed by atoms with E-state index in [9.17, 15) is 4.79 Å². The van der Waals surface area contributed by atoms with Gasteiger partial charge in [-0.3, -0.25) is 0 Å². The monoisotopic (exact) mass is 348 g/mol. The van der Waals surface area contributed by atoms with Crippen molar-refractivity contribution in [3.63, 3.8) is 0 Å². The Bertz CT molecular complexity index is 681. The van der Waals surface area contributed by atoms with Gasteiger partial charge in [0.05, 0.1) is 11.0 Å². The molecule has 0 spiro atoms. The van der Waals surface area contributed by atoms with Crippen molar-refractivity contribution in [2.75, 3.05) is 26.2 Å². The number of urea groups is 1. The zero-order valence-electron chi connectivity index (χ0n) is 13.3. The summed E-state index contributed by atoms with van der Waals surface area (Å²) in [6, 6.07) is 3.89. The molecule has 0 saturated carbocycles. The van der Waals surface area contributed by atoms with E-state index in [1.807, 2.05) is 22.4 Å². The summed E-state index contributed by atoms with van der Waals surface area (Å²) < 4.78 is 10.9. The third-order valence-corrected chi connectivity index (χ3v) is 5.38. The maximum atomic E-state index is 12.3. The minimum absolute atomic E-state index is 0.0324. The number of nitrogens with one attached hydrogen (secondary N) is 1. The Balaban J connectivity index is 1.32. The first kappa shape index (κ1) is 15.6. The van der Waals surface area contributed by atoms with Gasteiger partial charge in [-0.25, -0.2) is 4.79 Å². The quantitative estimate of drug-likeness (QED) is 0.918. The van der Waals surface area contributed by atoms with Crippen LogP contribution in [0, 0.1) is 0 Å². The molecule has 2 aromatic rings. The summed E-state index contributed by atoms with van der Waals surface area (Å²) in [5, 5.41) is 9.05. The van der Waals surface area contributed by atoms with Crippen molar-refractivity contribution in [2.24, 2.45) is 0 Å². The van der Waals surface area contributed by atoms with Crippen LogP contribution in [0.1, 0.15) is 31.0 Å². The number of rotatable bonds is 4. The highest BCUT2D eigenvalue weighted by atomic mass is 32.1. The highest BCUT2D eigenvalue weighted by molar-refractivity contribution is 7.13. The summed E-state index contributed by atoms with van der Waals surface area (Å²) in [4.78, 5) is 19.5. The molecule has 2 amide bonds. The van der Waals surface area contributed by atoms with Crippen molar-refractivity contribution in [3.05, 3.63) is 23.3 Å². The largest absolute Gasteiger partial charge is 0.376 e. The van der Waals surface area contributed by atoms with Crippen molar-refractivity contribution in [3.8, 4) is 10.8 Å². The van der Waals surface area contributed by atoms with Crippen molar-refractivity contribution >= 4 is 17.4 Å². The lowest BCUT2D eigenvalue weighted by molar-refractivity contribution is 0.109. The van der Waals surface area contributed by atoms with Gasteiger partial charge in [0.25, 0.3) is 5.89 Å². The molecule has 2 atom stereocenters. The van der Waals surface area contributed by atoms with Crippen LogP contribution in [0.2, 0.25) is 0 Å². The molecule has 2 aliphatic heterocycles. The van der Waals surface area contributed by atoms with Crippen LogP contribution in [0.4, 0.5) is 4.79 Å². The van der Waals surface area contributed by atoms with Crippen LogP contribution in [0.3, 0.4) is 0 Å². The summed E-state index contributed by atoms with van der Waals surface area (Å²) in [5.41, 5.74) is 0. The van der Waals surface area contributed by atoms with Gasteiger partial charge in [0.15, 0.2) is 5.82 Å². The summed E-state index contributed by atoms with van der Waals surface area (Å²) >= 11 is 1.57. The molecule has 4 heterocycles. The van der Waals surface area contributed by atoms with E-state index in [0.717, 1.165) is 30.7 Å². The molecule has 2 aromatic heterocycles. The van der Waals surface area contributed by atoms with Gasteiger partial charge in [0.1, 0.15) is 0 Å². The van der Waals surface area contributed by atoms with E-state index >= 15 is 0 Å². The van der Waals surface area contributed by atoms with Gasteiger partial charge in [0.2, 0.25) is 0 Å². The van der Waals surface area contributed by atoms with Gasteiger partial charge >= 0.3 is 6.03 Å². The fraction of sp³-hybridized carbons (Fsp3) is 0.562. The van der Waals surface area contributed by atoms with Crippen molar-refractivity contribution in [1.82, 2.24) is 20.4 Å². The minimum Gasteiger partial charge on any atom is -0.376 e. The lowest BCUT2D eigenvalue weighted by atomic mass is 10.1. The third-order valence-electron chi connectivity index (χ3n) is 4.52. The van der Waals surface area contributed by atoms with Crippen LogP contribution in [-0.4, -0.2) is 53.4 Å². The van der Waals surface area contributed by atoms with Gasteiger partial charge in [-0.15, -0.1) is 11.3 Å². The van der Waals surface area contributed by atoms with E-state index < -0.39 is 0 Å². The van der Waals surface area contributed by atoms with E-state index in [0.29, 0.717) is 31.3 Å². The fourth-order valence-electron chi connectivity index (χ4n) is 3.17. The highest BCUT2D eigenvalue weighted by Gasteiger charge is 2.31. The second-order valence-electron chi connectivity index (χ2n) is 6.19. The molecule has 8 heteroatoms. The number of thiophene rings is 1. The fourth-order valence-corrected chi connectivity index (χ4v) is 3.82. The molecule has 2 fully saturated rings. The molecule has 24 heavy (non-hydrogen) atoms. The minimum atomic E-state index is -0.0324. The number of likely N-dealkylation sites (tertiary alicyclic amines) is 1. The van der Waals surface area contributed by atoms with Crippen LogP contribution < -0.4 is 5.32 Å². The average molecular weight is 348 g/mol. The van der Waals surface area contributed by atoms with Crippen LogP contribution in [0.25, 0.3) is 10.8 Å². The van der Waals surface area contributed by atoms with Gasteiger partial charge in [0, 0.05) is 32.2 Å². The average Bonchev–Trinajstić information content (AvgIpc) is 3.40. The summed E-state index contributed by atoms with van der Waals surface area (Å²) in [5.74, 6) is 1.38. The first-order valence-electron chi connectivity index (χ1n) is 8.31. The molecule has 0 aromatic carbocycles. The topological polar surface area (TPSA) is 80.5 Å². The lowest BCUT2D eigenvalue weighted by Gasteiger charge is -2.18. The third kappa shape index (κ3) is 3.29. The van der Waals surface area contributed by atoms with E-state index in [2.05, 4.69) is 15.5 Å². The van der Waals surface area contributed by atoms with E-state index in [-0.39, 0.29) is 18.1 Å². The van der Waals surface area contributed by atoms with Gasteiger partial charge in [-0.2, -0.15) is 4.98 Å². The van der Waals surface area contributed by atoms with Gasteiger partial charge < -0.3 is 19.5 Å². The predicted molar refractivity (Wildman–Crippen MR) is 88.9 cm³/mol. The number of hydrogen-bond acceptors (Lipinski definition) is 6. The number of carbonyl (C=O) groups is 1. The second kappa shape index (κ2) is 6.90. The SMILES string of the molecule is O=C(NC[C@@H]1CCCO1)N1CC[C@H](c2noc(-c3cccs3)n2)C1. The maximum Gasteiger partial charge on any atom is 0.317 e. The normalized spacial score (nSPS) is 23.8. The smallest absolute Gasteiger partial charge is 0.317 e. The van der Waals surface area contributed by atoms with Crippen molar-refractivity contribution in [2.45, 2.75) is 31.3 Å². The number of amides is 2. The first-order valence-corrected chi connectivity index (χ1v) is 9.19. The molecule has 4 rings (SSSR count). The van der Waals surface area contributed by atoms with Crippen molar-refractivity contribution < 1.29 is 14.1 Å². The molecule has 2 aliphatic rings. The standard InChI is InChI=1S/C16H20N4O3S/c21-16(17-9-12-3-1-7-22-12)20-6-5-11(10-20)14-18-15(23-19-14)13-4-2-8-24-13/h2,4,8,11-12H,1,3,5-7,9-10H2,(H,17,21)/t11-,12-/m0/s1. The highest BCUT2D eigenvalue weighted by Crippen LogP contribution is 2.28. The first-order chi connectivity index (χ1) is 11.8. The Hall–Kier alpha value is -1.93. The zero-order valence-corrected chi connectivity index (χ0v) is 14.1. The maximum absolute atomic E-state index is 12.3. The summed E-state index contributed by atoms with van der Waals surface area (Å²) in [6.45, 7) is 2.73. The Morgan fingerprint density at radius 1 is 1.46 bits per heavy atom. The second-order valence-corrected chi connectivity index (χ2v) is 7.14. The molecule has 0 aliphatic carbocycles. The van der Waals surface area contributed by atoms with Crippen LogP contribution in [0.5, 0.6) is 0 Å². The molecular formula is C16H20N4O3S. The van der Waals surface area contributed by atoms with Gasteiger partial charge in [-0.1, -0.05) is 11.2 Å². The number of nitrogens with zero attached hydrogens (tertiary/aromatic N) is 3. The molecule has 0 radical (unpaired) electrons. The van der Waals surface area contributed by atoms with Crippen molar-refractivity contribution in [1.29, 1.82) is 0 Å². The van der Waals surface area contributed by atoms with E-state index in [4.69, 9.17) is 9.26 Å². The van der Waals surface area contributed by atoms with Crippen LogP contribution in [-0.2, 0) is 4.74 Å². The molecule has 2 saturated heterocycles. The molecule has 1 N–H and O–H groups in total. The summed E-state index contributed by atoms with van der Waals surface area (Å²) in [6.07, 6.45) is 3.13. The Kier molecular flexibility index (Phi) is 4.48. The zero-order chi connectivity index (χ0) is 16.4. The van der Waals surface area contributed by atoms with Gasteiger partial charge in [-0.05, 0) is 30.7 Å². The summed E-state index contributed by atoms with van der Waals surface area (Å²) in [7, 11) is 0. The van der Waals surface area contributed by atoms with Crippen LogP contribution >= 0.6 is 11.3 Å². The molecule has 128 valence electrons. The molecule has 7 nitrogen and oxygen atoms in total. The van der Waals surface area contributed by atoms with Crippen LogP contribution in [0.15, 0.2) is 22.0 Å². The number of hydrogen-bond donors (Lipinski definition) is 1. The van der Waals surface area contributed by atoms with E-state index in [1.54, 1.807) is 11.3 Å². The molecular weight excluding hydrogens is 328 g/mol. The molecule has 0 unspecified atom stereocenters. The lowest BCUT2D eigenvalue weighted by Crippen LogP contribution is -2.41. The molecule has 0 bridgehead atoms. The Morgan fingerprint density at radius 3 is 3.21 bits per heavy atom. The Labute approximate surface area is 144 Å².